The molecule has 0 bridgehead atoms. The third kappa shape index (κ3) is 2.91. The number of hydrazine groups is 1. The number of fused-ring (bicyclic) bond motifs is 1. The first-order valence-electron chi connectivity index (χ1n) is 6.56. The number of halogens is 1. The van der Waals surface area contributed by atoms with E-state index in [0.29, 0.717) is 5.92 Å². The lowest BCUT2D eigenvalue weighted by Gasteiger charge is -2.23. The van der Waals surface area contributed by atoms with Crippen molar-refractivity contribution in [3.8, 4) is 0 Å². The van der Waals surface area contributed by atoms with Gasteiger partial charge < -0.3 is 0 Å². The van der Waals surface area contributed by atoms with Gasteiger partial charge in [0.25, 0.3) is 0 Å². The van der Waals surface area contributed by atoms with Crippen molar-refractivity contribution in [1.82, 2.24) is 10.4 Å². The van der Waals surface area contributed by atoms with E-state index in [1.807, 2.05) is 30.1 Å². The molecule has 2 unspecified atom stereocenters. The van der Waals surface area contributed by atoms with Gasteiger partial charge >= 0.3 is 0 Å². The molecule has 2 heterocycles. The zero-order valence-corrected chi connectivity index (χ0v) is 13.3. The number of nitrogens with two attached hydrogens (primary N) is 1. The van der Waals surface area contributed by atoms with E-state index in [-0.39, 0.29) is 6.04 Å². The molecule has 0 aliphatic carbocycles. The molecule has 0 radical (unpaired) electrons. The first-order chi connectivity index (χ1) is 9.78. The van der Waals surface area contributed by atoms with Crippen LogP contribution in [0, 0.1) is 0 Å². The molecule has 104 valence electrons. The van der Waals surface area contributed by atoms with Crippen molar-refractivity contribution in [1.29, 1.82) is 0 Å². The van der Waals surface area contributed by atoms with E-state index < -0.39 is 0 Å². The van der Waals surface area contributed by atoms with E-state index in [4.69, 9.17) is 5.84 Å². The van der Waals surface area contributed by atoms with Crippen molar-refractivity contribution in [3.63, 3.8) is 0 Å². The summed E-state index contributed by atoms with van der Waals surface area (Å²) in [6.07, 6.45) is 2.67. The lowest BCUT2D eigenvalue weighted by molar-refractivity contribution is 0.459. The molecule has 2 aromatic rings. The van der Waals surface area contributed by atoms with Crippen LogP contribution in [0.15, 0.2) is 52.0 Å². The summed E-state index contributed by atoms with van der Waals surface area (Å²) in [6, 6.07) is 12.9. The van der Waals surface area contributed by atoms with Crippen molar-refractivity contribution >= 4 is 27.7 Å². The lowest BCUT2D eigenvalue weighted by atomic mass is 9.91. The highest BCUT2D eigenvalue weighted by molar-refractivity contribution is 9.10. The molecule has 1 aliphatic rings. The summed E-state index contributed by atoms with van der Waals surface area (Å²) < 4.78 is 1.00. The van der Waals surface area contributed by atoms with Gasteiger partial charge in [-0.1, -0.05) is 18.2 Å². The smallest absolute Gasteiger partial charge is 0.0420 e. The molecule has 5 heteroatoms. The van der Waals surface area contributed by atoms with Crippen LogP contribution < -0.4 is 11.3 Å². The maximum Gasteiger partial charge on any atom is 0.0420 e. The van der Waals surface area contributed by atoms with Crippen LogP contribution in [0.3, 0.4) is 0 Å². The summed E-state index contributed by atoms with van der Waals surface area (Å²) in [5.74, 6) is 7.30. The minimum Gasteiger partial charge on any atom is -0.271 e. The topological polar surface area (TPSA) is 50.9 Å². The van der Waals surface area contributed by atoms with E-state index in [2.05, 4.69) is 50.6 Å². The van der Waals surface area contributed by atoms with Gasteiger partial charge in [-0.15, -0.1) is 11.8 Å². The Hall–Kier alpha value is -0.880. The molecule has 2 atom stereocenters. The summed E-state index contributed by atoms with van der Waals surface area (Å²) in [7, 11) is 0. The van der Waals surface area contributed by atoms with Crippen molar-refractivity contribution in [2.24, 2.45) is 5.84 Å². The minimum atomic E-state index is 0.208. The van der Waals surface area contributed by atoms with Crippen molar-refractivity contribution in [3.05, 3.63) is 58.3 Å². The van der Waals surface area contributed by atoms with Crippen LogP contribution in [0.2, 0.25) is 0 Å². The molecular formula is C15H16BrN3S. The zero-order chi connectivity index (χ0) is 13.9. The highest BCUT2D eigenvalue weighted by Crippen LogP contribution is 2.41. The van der Waals surface area contributed by atoms with E-state index >= 15 is 0 Å². The Balaban J connectivity index is 1.79. The summed E-state index contributed by atoms with van der Waals surface area (Å²) in [6.45, 7) is 0. The summed E-state index contributed by atoms with van der Waals surface area (Å²) >= 11 is 5.32. The van der Waals surface area contributed by atoms with E-state index in [9.17, 15) is 0 Å². The average molecular weight is 350 g/mol. The van der Waals surface area contributed by atoms with E-state index in [1.54, 1.807) is 0 Å². The molecule has 1 aromatic heterocycles. The van der Waals surface area contributed by atoms with Crippen LogP contribution in [0.1, 0.15) is 17.2 Å². The molecule has 3 rings (SSSR count). The molecule has 0 fully saturated rings. The molecule has 0 saturated heterocycles. The normalized spacial score (nSPS) is 18.8. The molecular weight excluding hydrogens is 334 g/mol. The fourth-order valence-corrected chi connectivity index (χ4v) is 4.16. The fourth-order valence-electron chi connectivity index (χ4n) is 2.59. The van der Waals surface area contributed by atoms with Gasteiger partial charge in [0.15, 0.2) is 0 Å². The predicted octanol–water partition coefficient (Wildman–Crippen LogP) is 3.11. The first-order valence-corrected chi connectivity index (χ1v) is 8.34. The second-order valence-corrected chi connectivity index (χ2v) is 6.88. The van der Waals surface area contributed by atoms with Gasteiger partial charge in [0.05, 0.1) is 0 Å². The number of aromatic nitrogens is 1. The Morgan fingerprint density at radius 1 is 1.35 bits per heavy atom. The van der Waals surface area contributed by atoms with Crippen LogP contribution in [-0.4, -0.2) is 16.8 Å². The molecule has 0 saturated carbocycles. The van der Waals surface area contributed by atoms with Gasteiger partial charge in [0.1, 0.15) is 0 Å². The van der Waals surface area contributed by atoms with Gasteiger partial charge in [-0.25, -0.2) is 0 Å². The monoisotopic (exact) mass is 349 g/mol. The van der Waals surface area contributed by atoms with Gasteiger partial charge in [-0.3, -0.25) is 16.3 Å². The number of pyridine rings is 1. The third-order valence-electron chi connectivity index (χ3n) is 3.65. The Morgan fingerprint density at radius 3 is 2.95 bits per heavy atom. The fraction of sp³-hybridized carbons (Fsp3) is 0.267. The Bertz CT molecular complexity index is 588. The number of benzene rings is 1. The number of nitrogens with one attached hydrogen (secondary N) is 1. The van der Waals surface area contributed by atoms with Gasteiger partial charge in [0.2, 0.25) is 0 Å². The molecule has 1 aliphatic heterocycles. The quantitative estimate of drug-likeness (QED) is 0.657. The highest BCUT2D eigenvalue weighted by atomic mass is 79.9. The largest absolute Gasteiger partial charge is 0.271 e. The second-order valence-electron chi connectivity index (χ2n) is 4.90. The molecule has 20 heavy (non-hydrogen) atoms. The molecule has 3 nitrogen and oxygen atoms in total. The molecule has 1 aromatic carbocycles. The highest BCUT2D eigenvalue weighted by Gasteiger charge is 2.29. The van der Waals surface area contributed by atoms with E-state index in [0.717, 1.165) is 22.3 Å². The van der Waals surface area contributed by atoms with Crippen molar-refractivity contribution in [2.45, 2.75) is 23.3 Å². The predicted molar refractivity (Wildman–Crippen MR) is 86.7 cm³/mol. The number of rotatable bonds is 4. The summed E-state index contributed by atoms with van der Waals surface area (Å²) in [5, 5.41) is 0. The number of hydrogen-bond acceptors (Lipinski definition) is 4. The first kappa shape index (κ1) is 14.1. The third-order valence-corrected chi connectivity index (χ3v) is 5.33. The standard InChI is InChI=1S/C15H16BrN3S/c16-10-5-6-11(18-8-10)7-14(19-17)13-9-20-15-4-2-1-3-12(13)15/h1-6,8,13-14,19H,7,9,17H2. The Labute approximate surface area is 131 Å². The second kappa shape index (κ2) is 6.26. The lowest BCUT2D eigenvalue weighted by Crippen LogP contribution is -2.41. The molecule has 0 spiro atoms. The van der Waals surface area contributed by atoms with Gasteiger partial charge in [0, 0.05) is 45.4 Å². The van der Waals surface area contributed by atoms with Crippen LogP contribution in [-0.2, 0) is 6.42 Å². The van der Waals surface area contributed by atoms with Crippen LogP contribution in [0.4, 0.5) is 0 Å². The van der Waals surface area contributed by atoms with E-state index in [1.165, 1.54) is 10.5 Å². The SMILES string of the molecule is NNC(Cc1ccc(Br)cn1)C1CSc2ccccc21. The maximum absolute atomic E-state index is 5.79. The van der Waals surface area contributed by atoms with Crippen molar-refractivity contribution in [2.75, 3.05) is 5.75 Å². The number of thioether (sulfide) groups is 1. The number of nitrogens with zero attached hydrogens (tertiary/aromatic N) is 1. The number of hydrogen-bond donors (Lipinski definition) is 2. The Kier molecular flexibility index (Phi) is 4.41. The summed E-state index contributed by atoms with van der Waals surface area (Å²) in [4.78, 5) is 5.82. The maximum atomic E-state index is 5.79. The molecule has 3 N–H and O–H groups in total. The van der Waals surface area contributed by atoms with Gasteiger partial charge in [-0.05, 0) is 39.7 Å². The van der Waals surface area contributed by atoms with Crippen LogP contribution >= 0.6 is 27.7 Å². The Morgan fingerprint density at radius 2 is 2.20 bits per heavy atom. The van der Waals surface area contributed by atoms with Gasteiger partial charge in [-0.2, -0.15) is 0 Å². The minimum absolute atomic E-state index is 0.208. The zero-order valence-electron chi connectivity index (χ0n) is 10.9. The average Bonchev–Trinajstić information content (AvgIpc) is 2.91. The molecule has 0 amide bonds. The summed E-state index contributed by atoms with van der Waals surface area (Å²) in [5.41, 5.74) is 5.44. The van der Waals surface area contributed by atoms with Crippen LogP contribution in [0.25, 0.3) is 0 Å². The van der Waals surface area contributed by atoms with Crippen molar-refractivity contribution < 1.29 is 0 Å². The van der Waals surface area contributed by atoms with Crippen LogP contribution in [0.5, 0.6) is 0 Å².